The van der Waals surface area contributed by atoms with E-state index in [1.54, 1.807) is 6.08 Å². The number of rotatable bonds is 5. The van der Waals surface area contributed by atoms with Crippen LogP contribution in [0.4, 0.5) is 5.00 Å². The summed E-state index contributed by atoms with van der Waals surface area (Å²) in [7, 11) is 1.39. The maximum atomic E-state index is 12.8. The molecule has 0 saturated heterocycles. The Morgan fingerprint density at radius 3 is 2.43 bits per heavy atom. The lowest BCUT2D eigenvalue weighted by Gasteiger charge is -2.27. The van der Waals surface area contributed by atoms with Crippen molar-refractivity contribution in [3.63, 3.8) is 0 Å². The van der Waals surface area contributed by atoms with Crippen LogP contribution in [0, 0.1) is 5.92 Å². The molecule has 1 N–H and O–H groups in total. The van der Waals surface area contributed by atoms with Crippen LogP contribution in [0.15, 0.2) is 72.5 Å². The Balaban J connectivity index is 0.00000101. The van der Waals surface area contributed by atoms with Gasteiger partial charge in [-0.1, -0.05) is 55.5 Å². The number of Topliss-reactive ketones (excluding diaryl/α,β-unsaturated/α-hetero) is 1. The highest BCUT2D eigenvalue weighted by molar-refractivity contribution is 7.18. The summed E-state index contributed by atoms with van der Waals surface area (Å²) in [5, 5.41) is 4.21. The number of fused-ring (bicyclic) bond motifs is 1. The lowest BCUT2D eigenvalue weighted by molar-refractivity contribution is -0.136. The molecule has 0 radical (unpaired) electrons. The van der Waals surface area contributed by atoms with Crippen molar-refractivity contribution in [2.24, 2.45) is 5.92 Å². The second-order valence-corrected chi connectivity index (χ2v) is 8.03. The molecular weight excluding hydrogens is 394 g/mol. The van der Waals surface area contributed by atoms with Gasteiger partial charge in [0.15, 0.2) is 5.78 Å². The molecule has 1 aromatic carbocycles. The molecule has 2 unspecified atom stereocenters. The number of ketones is 1. The number of thiophene rings is 1. The van der Waals surface area contributed by atoms with E-state index >= 15 is 0 Å². The van der Waals surface area contributed by atoms with E-state index in [0.717, 1.165) is 21.8 Å². The maximum Gasteiger partial charge on any atom is 0.336 e. The van der Waals surface area contributed by atoms with Crippen molar-refractivity contribution in [2.45, 2.75) is 33.6 Å². The third-order valence-electron chi connectivity index (χ3n) is 4.74. The molecular formula is C25H29NO3S. The van der Waals surface area contributed by atoms with Crippen molar-refractivity contribution >= 4 is 28.1 Å². The zero-order valence-corrected chi connectivity index (χ0v) is 19.0. The van der Waals surface area contributed by atoms with Gasteiger partial charge in [-0.3, -0.25) is 4.79 Å². The van der Waals surface area contributed by atoms with E-state index < -0.39 is 0 Å². The summed E-state index contributed by atoms with van der Waals surface area (Å²) < 4.78 is 5.04. The predicted octanol–water partition coefficient (Wildman–Crippen LogP) is 6.34. The zero-order chi connectivity index (χ0) is 22.3. The van der Waals surface area contributed by atoms with Gasteiger partial charge < -0.3 is 10.1 Å². The topological polar surface area (TPSA) is 55.4 Å². The number of esters is 1. The van der Waals surface area contributed by atoms with Crippen molar-refractivity contribution in [2.75, 3.05) is 12.4 Å². The van der Waals surface area contributed by atoms with Gasteiger partial charge in [-0.25, -0.2) is 4.79 Å². The molecule has 3 rings (SSSR count). The highest BCUT2D eigenvalue weighted by Crippen LogP contribution is 2.46. The standard InChI is InChI=1S/C22H23NO3S.C3H6/c1-5-9-13(2)20(24)17-12-16-19(15-10-7-6-8-11-15)18(22(25)26-4)14(3)23-21(16)27-17;1-3-2/h5-13,19,23H,1-4H3;3H,1H2,2H3/b9-5-;. The average molecular weight is 424 g/mol. The zero-order valence-electron chi connectivity index (χ0n) is 18.2. The molecule has 0 amide bonds. The van der Waals surface area contributed by atoms with Crippen molar-refractivity contribution in [1.29, 1.82) is 0 Å². The molecule has 158 valence electrons. The number of hydrogen-bond donors (Lipinski definition) is 1. The number of methoxy groups -OCH3 is 1. The van der Waals surface area contributed by atoms with Crippen LogP contribution in [0.25, 0.3) is 0 Å². The fourth-order valence-corrected chi connectivity index (χ4v) is 4.61. The van der Waals surface area contributed by atoms with Crippen LogP contribution in [-0.4, -0.2) is 18.9 Å². The van der Waals surface area contributed by atoms with Gasteiger partial charge in [-0.15, -0.1) is 17.9 Å². The van der Waals surface area contributed by atoms with Crippen LogP contribution in [0.5, 0.6) is 0 Å². The van der Waals surface area contributed by atoms with E-state index in [1.165, 1.54) is 18.4 Å². The summed E-state index contributed by atoms with van der Waals surface area (Å²) >= 11 is 1.44. The lowest BCUT2D eigenvalue weighted by atomic mass is 9.82. The van der Waals surface area contributed by atoms with Gasteiger partial charge in [0.2, 0.25) is 0 Å². The lowest BCUT2D eigenvalue weighted by Crippen LogP contribution is -2.22. The number of ether oxygens (including phenoxy) is 1. The summed E-state index contributed by atoms with van der Waals surface area (Å²) in [6.45, 7) is 10.9. The molecule has 2 atom stereocenters. The van der Waals surface area contributed by atoms with E-state index in [4.69, 9.17) is 4.74 Å². The number of allylic oxidation sites excluding steroid dienone is 4. The molecule has 1 aliphatic heterocycles. The van der Waals surface area contributed by atoms with E-state index in [0.29, 0.717) is 10.5 Å². The number of carbonyl (C=O) groups excluding carboxylic acids is 2. The van der Waals surface area contributed by atoms with Gasteiger partial charge >= 0.3 is 5.97 Å². The summed E-state index contributed by atoms with van der Waals surface area (Å²) in [6, 6.07) is 11.8. The molecule has 0 aliphatic carbocycles. The van der Waals surface area contributed by atoms with Crippen LogP contribution in [0.3, 0.4) is 0 Å². The van der Waals surface area contributed by atoms with Gasteiger partial charge in [0.1, 0.15) is 0 Å². The molecule has 5 heteroatoms. The van der Waals surface area contributed by atoms with Gasteiger partial charge in [0, 0.05) is 17.5 Å². The average Bonchev–Trinajstić information content (AvgIpc) is 3.16. The minimum Gasteiger partial charge on any atom is -0.466 e. The van der Waals surface area contributed by atoms with Gasteiger partial charge in [0.25, 0.3) is 0 Å². The Kier molecular flexibility index (Phi) is 8.36. The second-order valence-electron chi connectivity index (χ2n) is 6.98. The third-order valence-corrected chi connectivity index (χ3v) is 5.82. The van der Waals surface area contributed by atoms with E-state index in [-0.39, 0.29) is 23.6 Å². The first-order valence-corrected chi connectivity index (χ1v) is 10.7. The molecule has 0 bridgehead atoms. The quantitative estimate of drug-likeness (QED) is 0.346. The highest BCUT2D eigenvalue weighted by atomic mass is 32.1. The number of hydrogen-bond acceptors (Lipinski definition) is 5. The van der Waals surface area contributed by atoms with Gasteiger partial charge in [0.05, 0.1) is 22.6 Å². The second kappa shape index (κ2) is 10.7. The van der Waals surface area contributed by atoms with Crippen molar-refractivity contribution < 1.29 is 14.3 Å². The molecule has 1 aliphatic rings. The largest absolute Gasteiger partial charge is 0.466 e. The molecule has 1 aromatic heterocycles. The van der Waals surface area contributed by atoms with E-state index in [1.807, 2.05) is 76.2 Å². The van der Waals surface area contributed by atoms with Crippen molar-refractivity contribution in [3.05, 3.63) is 88.5 Å². The summed E-state index contributed by atoms with van der Waals surface area (Å²) in [5.41, 5.74) is 3.27. The number of anilines is 1. The van der Waals surface area contributed by atoms with Crippen molar-refractivity contribution in [3.8, 4) is 0 Å². The SMILES string of the molecule is C/C=C\C(C)C(=O)c1cc2c(s1)NC(C)=C(C(=O)OC)C2c1ccccc1.C=CC. The first-order chi connectivity index (χ1) is 14.4. The van der Waals surface area contributed by atoms with Crippen LogP contribution in [0.2, 0.25) is 0 Å². The first-order valence-electron chi connectivity index (χ1n) is 9.88. The highest BCUT2D eigenvalue weighted by Gasteiger charge is 2.35. The number of nitrogens with one attached hydrogen (secondary N) is 1. The Hall–Kier alpha value is -2.92. The number of carbonyl (C=O) groups is 2. The summed E-state index contributed by atoms with van der Waals surface area (Å²) in [6.07, 6.45) is 5.54. The first kappa shape index (κ1) is 23.4. The Bertz CT molecular complexity index is 970. The molecule has 4 nitrogen and oxygen atoms in total. The van der Waals surface area contributed by atoms with Gasteiger partial charge in [-0.2, -0.15) is 0 Å². The minimum absolute atomic E-state index is 0.0818. The summed E-state index contributed by atoms with van der Waals surface area (Å²) in [4.78, 5) is 26.0. The molecule has 0 fully saturated rings. The number of benzene rings is 1. The summed E-state index contributed by atoms with van der Waals surface area (Å²) in [5.74, 6) is -0.719. The monoisotopic (exact) mass is 423 g/mol. The Labute approximate surface area is 183 Å². The molecule has 2 heterocycles. The molecule has 0 saturated carbocycles. The molecule has 30 heavy (non-hydrogen) atoms. The fourth-order valence-electron chi connectivity index (χ4n) is 3.42. The van der Waals surface area contributed by atoms with Crippen LogP contribution in [-0.2, 0) is 9.53 Å². The smallest absolute Gasteiger partial charge is 0.336 e. The van der Waals surface area contributed by atoms with Crippen LogP contribution >= 0.6 is 11.3 Å². The van der Waals surface area contributed by atoms with Crippen molar-refractivity contribution in [1.82, 2.24) is 0 Å². The van der Waals surface area contributed by atoms with Gasteiger partial charge in [-0.05, 0) is 38.0 Å². The van der Waals surface area contributed by atoms with E-state index in [9.17, 15) is 9.59 Å². The predicted molar refractivity (Wildman–Crippen MR) is 125 cm³/mol. The maximum absolute atomic E-state index is 12.8. The normalized spacial score (nSPS) is 16.1. The third kappa shape index (κ3) is 4.97. The Morgan fingerprint density at radius 1 is 1.23 bits per heavy atom. The van der Waals surface area contributed by atoms with Crippen LogP contribution in [0.1, 0.15) is 54.4 Å². The Morgan fingerprint density at radius 2 is 1.87 bits per heavy atom. The van der Waals surface area contributed by atoms with Crippen LogP contribution < -0.4 is 5.32 Å². The van der Waals surface area contributed by atoms with E-state index in [2.05, 4.69) is 11.9 Å². The minimum atomic E-state index is -0.360. The fraction of sp³-hybridized carbons (Fsp3) is 0.280. The molecule has 2 aromatic rings. The molecule has 0 spiro atoms.